The predicted molar refractivity (Wildman–Crippen MR) is 88.0 cm³/mol. The van der Waals surface area contributed by atoms with Crippen LogP contribution in [0.3, 0.4) is 0 Å². The molecule has 0 bridgehead atoms. The van der Waals surface area contributed by atoms with Crippen molar-refractivity contribution in [3.63, 3.8) is 0 Å². The minimum atomic E-state index is 0.377. The van der Waals surface area contributed by atoms with Gasteiger partial charge in [0.25, 0.3) is 0 Å². The van der Waals surface area contributed by atoms with E-state index in [2.05, 4.69) is 37.9 Å². The van der Waals surface area contributed by atoms with E-state index in [0.29, 0.717) is 11.5 Å². The van der Waals surface area contributed by atoms with Crippen molar-refractivity contribution in [1.29, 1.82) is 0 Å². The summed E-state index contributed by atoms with van der Waals surface area (Å²) < 4.78 is 0. The third kappa shape index (κ3) is 5.04. The van der Waals surface area contributed by atoms with E-state index in [1.165, 1.54) is 64.7 Å². The molecule has 1 N–H and O–H groups in total. The van der Waals surface area contributed by atoms with Crippen molar-refractivity contribution < 1.29 is 0 Å². The Hall–Kier alpha value is -0.0800. The molecule has 0 spiro atoms. The van der Waals surface area contributed by atoms with Gasteiger partial charge in [0.2, 0.25) is 0 Å². The third-order valence-electron chi connectivity index (χ3n) is 5.43. The van der Waals surface area contributed by atoms with Crippen LogP contribution in [0.25, 0.3) is 0 Å². The van der Waals surface area contributed by atoms with E-state index < -0.39 is 0 Å². The van der Waals surface area contributed by atoms with Crippen molar-refractivity contribution in [3.8, 4) is 0 Å². The Kier molecular flexibility index (Phi) is 5.92. The summed E-state index contributed by atoms with van der Waals surface area (Å²) in [7, 11) is 0. The van der Waals surface area contributed by atoms with Crippen LogP contribution in [-0.4, -0.2) is 37.1 Å². The molecule has 1 aliphatic heterocycles. The Morgan fingerprint density at radius 1 is 1.15 bits per heavy atom. The summed E-state index contributed by atoms with van der Waals surface area (Å²) >= 11 is 0. The molecule has 3 unspecified atom stereocenters. The van der Waals surface area contributed by atoms with Crippen LogP contribution in [0.2, 0.25) is 0 Å². The molecule has 1 aliphatic carbocycles. The van der Waals surface area contributed by atoms with E-state index in [-0.39, 0.29) is 0 Å². The number of hydrogen-bond acceptors (Lipinski definition) is 2. The van der Waals surface area contributed by atoms with Crippen molar-refractivity contribution >= 4 is 0 Å². The zero-order valence-corrected chi connectivity index (χ0v) is 14.3. The van der Waals surface area contributed by atoms with Gasteiger partial charge in [0.1, 0.15) is 0 Å². The van der Waals surface area contributed by atoms with Gasteiger partial charge in [-0.15, -0.1) is 0 Å². The fourth-order valence-corrected chi connectivity index (χ4v) is 3.96. The second-order valence-electron chi connectivity index (χ2n) is 8.45. The largest absolute Gasteiger partial charge is 0.312 e. The van der Waals surface area contributed by atoms with E-state index in [0.717, 1.165) is 11.8 Å². The van der Waals surface area contributed by atoms with E-state index in [1.807, 2.05) is 0 Å². The average Bonchev–Trinajstić information content (AvgIpc) is 2.61. The summed E-state index contributed by atoms with van der Waals surface area (Å²) in [4.78, 5) is 2.73. The highest BCUT2D eigenvalue weighted by Crippen LogP contribution is 2.31. The second-order valence-corrected chi connectivity index (χ2v) is 8.45. The minimum Gasteiger partial charge on any atom is -0.312 e. The second kappa shape index (κ2) is 7.26. The van der Waals surface area contributed by atoms with Gasteiger partial charge >= 0.3 is 0 Å². The van der Waals surface area contributed by atoms with Gasteiger partial charge < -0.3 is 10.2 Å². The summed E-state index contributed by atoms with van der Waals surface area (Å²) in [6, 6.07) is 0.648. The normalized spacial score (nSPS) is 33.9. The molecule has 1 saturated carbocycles. The van der Waals surface area contributed by atoms with Gasteiger partial charge in [-0.05, 0) is 56.1 Å². The maximum Gasteiger partial charge on any atom is 0.0243 e. The Balaban J connectivity index is 1.79. The van der Waals surface area contributed by atoms with Gasteiger partial charge in [-0.3, -0.25) is 0 Å². The van der Waals surface area contributed by atoms with E-state index >= 15 is 0 Å². The highest BCUT2D eigenvalue weighted by atomic mass is 15.2. The molecular formula is C18H36N2. The van der Waals surface area contributed by atoms with Crippen molar-refractivity contribution in [2.24, 2.45) is 17.3 Å². The van der Waals surface area contributed by atoms with Gasteiger partial charge in [-0.2, -0.15) is 0 Å². The van der Waals surface area contributed by atoms with Gasteiger partial charge in [0.05, 0.1) is 0 Å². The Morgan fingerprint density at radius 2 is 1.95 bits per heavy atom. The molecule has 2 heteroatoms. The summed E-state index contributed by atoms with van der Waals surface area (Å²) in [5, 5.41) is 3.75. The van der Waals surface area contributed by atoms with Crippen LogP contribution in [-0.2, 0) is 0 Å². The molecule has 1 heterocycles. The topological polar surface area (TPSA) is 15.3 Å². The van der Waals surface area contributed by atoms with Gasteiger partial charge in [-0.1, -0.05) is 47.0 Å². The average molecular weight is 281 g/mol. The molecule has 0 radical (unpaired) electrons. The Morgan fingerprint density at radius 3 is 2.65 bits per heavy atom. The fourth-order valence-electron chi connectivity index (χ4n) is 3.96. The van der Waals surface area contributed by atoms with Crippen LogP contribution in [0.5, 0.6) is 0 Å². The molecular weight excluding hydrogens is 244 g/mol. The maximum atomic E-state index is 3.75. The highest BCUT2D eigenvalue weighted by Gasteiger charge is 2.28. The Labute approximate surface area is 126 Å². The zero-order valence-electron chi connectivity index (χ0n) is 14.3. The molecule has 2 rings (SSSR count). The van der Waals surface area contributed by atoms with Crippen LogP contribution in [0.1, 0.15) is 66.2 Å². The van der Waals surface area contributed by atoms with Crippen LogP contribution in [0.4, 0.5) is 0 Å². The molecule has 118 valence electrons. The molecule has 3 atom stereocenters. The minimum absolute atomic E-state index is 0.377. The molecule has 1 saturated heterocycles. The lowest BCUT2D eigenvalue weighted by Crippen LogP contribution is -2.46. The quantitative estimate of drug-likeness (QED) is 0.843. The van der Waals surface area contributed by atoms with Crippen LogP contribution in [0, 0.1) is 17.3 Å². The lowest BCUT2D eigenvalue weighted by molar-refractivity contribution is 0.176. The molecule has 0 aromatic heterocycles. The molecule has 20 heavy (non-hydrogen) atoms. The lowest BCUT2D eigenvalue weighted by Gasteiger charge is -2.34. The van der Waals surface area contributed by atoms with Crippen molar-refractivity contribution in [1.82, 2.24) is 10.2 Å². The highest BCUT2D eigenvalue weighted by molar-refractivity contribution is 4.86. The number of hydrogen-bond donors (Lipinski definition) is 1. The third-order valence-corrected chi connectivity index (χ3v) is 5.43. The van der Waals surface area contributed by atoms with Crippen molar-refractivity contribution in [3.05, 3.63) is 0 Å². The molecule has 2 aliphatic rings. The van der Waals surface area contributed by atoms with Gasteiger partial charge in [0.15, 0.2) is 0 Å². The Bertz CT molecular complexity index is 282. The summed E-state index contributed by atoms with van der Waals surface area (Å²) in [5.74, 6) is 1.98. The number of nitrogens with one attached hydrogen (secondary N) is 1. The smallest absolute Gasteiger partial charge is 0.0243 e. The summed E-state index contributed by atoms with van der Waals surface area (Å²) in [6.45, 7) is 14.6. The standard InChI is InChI=1S/C18H36N2/c1-15-7-5-8-16(13-15)9-12-20-11-6-10-19-17(14-20)18(2,3)4/h15-17,19H,5-14H2,1-4H3. The summed E-state index contributed by atoms with van der Waals surface area (Å²) in [6.07, 6.45) is 8.65. The van der Waals surface area contributed by atoms with Crippen molar-refractivity contribution in [2.75, 3.05) is 26.2 Å². The summed E-state index contributed by atoms with van der Waals surface area (Å²) in [5.41, 5.74) is 0.377. The monoisotopic (exact) mass is 280 g/mol. The number of rotatable bonds is 3. The molecule has 0 aromatic rings. The lowest BCUT2D eigenvalue weighted by atomic mass is 9.80. The first-order valence-corrected chi connectivity index (χ1v) is 8.91. The first kappa shape index (κ1) is 16.3. The first-order chi connectivity index (χ1) is 9.45. The van der Waals surface area contributed by atoms with E-state index in [9.17, 15) is 0 Å². The maximum absolute atomic E-state index is 3.75. The van der Waals surface area contributed by atoms with E-state index in [4.69, 9.17) is 0 Å². The molecule has 2 nitrogen and oxygen atoms in total. The predicted octanol–water partition coefficient (Wildman–Crippen LogP) is 3.91. The van der Waals surface area contributed by atoms with Crippen LogP contribution in [0.15, 0.2) is 0 Å². The molecule has 2 fully saturated rings. The van der Waals surface area contributed by atoms with Crippen LogP contribution >= 0.6 is 0 Å². The zero-order chi connectivity index (χ0) is 14.6. The van der Waals surface area contributed by atoms with Crippen molar-refractivity contribution in [2.45, 2.75) is 72.3 Å². The molecule has 0 amide bonds. The van der Waals surface area contributed by atoms with Gasteiger partial charge in [0, 0.05) is 12.6 Å². The fraction of sp³-hybridized carbons (Fsp3) is 1.00. The first-order valence-electron chi connectivity index (χ1n) is 8.91. The molecule has 0 aromatic carbocycles. The SMILES string of the molecule is CC1CCCC(CCN2CCCNC(C(C)(C)C)C2)C1. The van der Waals surface area contributed by atoms with Gasteiger partial charge in [-0.25, -0.2) is 0 Å². The van der Waals surface area contributed by atoms with Crippen LogP contribution < -0.4 is 5.32 Å². The number of nitrogens with zero attached hydrogens (tertiary/aromatic N) is 1. The van der Waals surface area contributed by atoms with E-state index in [1.54, 1.807) is 0 Å².